The van der Waals surface area contributed by atoms with Crippen LogP contribution in [-0.4, -0.2) is 0 Å². The van der Waals surface area contributed by atoms with E-state index in [0.29, 0.717) is 5.92 Å². The number of hydrogen-bond acceptors (Lipinski definition) is 0. The van der Waals surface area contributed by atoms with Gasteiger partial charge in [0.05, 0.1) is 0 Å². The van der Waals surface area contributed by atoms with Gasteiger partial charge in [0.15, 0.2) is 0 Å². The smallest absolute Gasteiger partial charge is 0.0130 e. The summed E-state index contributed by atoms with van der Waals surface area (Å²) in [6, 6.07) is 19.0. The molecule has 0 amide bonds. The van der Waals surface area contributed by atoms with Crippen LogP contribution >= 0.6 is 0 Å². The molecule has 0 bridgehead atoms. The van der Waals surface area contributed by atoms with Crippen molar-refractivity contribution >= 4 is 6.08 Å². The molecule has 2 aromatic rings. The van der Waals surface area contributed by atoms with Crippen LogP contribution in [0.2, 0.25) is 0 Å². The van der Waals surface area contributed by atoms with Crippen molar-refractivity contribution in [3.63, 3.8) is 0 Å². The average molecular weight is 234 g/mol. The van der Waals surface area contributed by atoms with Crippen LogP contribution < -0.4 is 0 Å². The molecule has 0 heterocycles. The monoisotopic (exact) mass is 234 g/mol. The molecule has 0 saturated carbocycles. The Balaban J connectivity index is 2.18. The molecule has 0 aliphatic heterocycles. The minimum atomic E-state index is 0.546. The standard InChI is InChI=1S/C18H18/c1-15(2)7-6-8-16-11-13-18(14-12-16)17-9-4-3-5-10-17/h3-5,7-15H,1-2H3. The summed E-state index contributed by atoms with van der Waals surface area (Å²) < 4.78 is 0. The van der Waals surface area contributed by atoms with Gasteiger partial charge in [-0.3, -0.25) is 0 Å². The van der Waals surface area contributed by atoms with Gasteiger partial charge >= 0.3 is 0 Å². The van der Waals surface area contributed by atoms with E-state index in [9.17, 15) is 0 Å². The molecule has 2 aromatic carbocycles. The molecule has 0 saturated heterocycles. The lowest BCUT2D eigenvalue weighted by atomic mass is 10.0. The molecule has 0 aliphatic carbocycles. The van der Waals surface area contributed by atoms with E-state index < -0.39 is 0 Å². The summed E-state index contributed by atoms with van der Waals surface area (Å²) in [5, 5.41) is 0. The molecule has 0 aliphatic rings. The molecule has 2 rings (SSSR count). The zero-order valence-electron chi connectivity index (χ0n) is 10.9. The Morgan fingerprint density at radius 1 is 0.833 bits per heavy atom. The zero-order valence-corrected chi connectivity index (χ0v) is 10.9. The maximum Gasteiger partial charge on any atom is -0.0130 e. The topological polar surface area (TPSA) is 0 Å². The SMILES string of the molecule is CC(C)C=C=Cc1ccc(-c2ccccc2)cc1. The van der Waals surface area contributed by atoms with Gasteiger partial charge < -0.3 is 0 Å². The number of allylic oxidation sites excluding steroid dienone is 1. The van der Waals surface area contributed by atoms with Crippen molar-refractivity contribution in [3.05, 3.63) is 72.0 Å². The molecule has 0 radical (unpaired) electrons. The van der Waals surface area contributed by atoms with Crippen LogP contribution in [0.15, 0.2) is 66.4 Å². The van der Waals surface area contributed by atoms with Gasteiger partial charge in [0, 0.05) is 0 Å². The second-order valence-corrected chi connectivity index (χ2v) is 4.71. The summed E-state index contributed by atoms with van der Waals surface area (Å²) in [6.07, 6.45) is 4.10. The summed E-state index contributed by atoms with van der Waals surface area (Å²) in [5.74, 6) is 0.546. The third kappa shape index (κ3) is 3.48. The molecule has 0 N–H and O–H groups in total. The van der Waals surface area contributed by atoms with Crippen LogP contribution in [0, 0.1) is 5.92 Å². The van der Waals surface area contributed by atoms with Gasteiger partial charge in [-0.05, 0) is 34.8 Å². The maximum atomic E-state index is 3.21. The number of rotatable bonds is 3. The highest BCUT2D eigenvalue weighted by molar-refractivity contribution is 5.65. The van der Waals surface area contributed by atoms with Gasteiger partial charge in [-0.2, -0.15) is 0 Å². The number of benzene rings is 2. The fourth-order valence-electron chi connectivity index (χ4n) is 1.74. The van der Waals surface area contributed by atoms with Crippen LogP contribution in [0.25, 0.3) is 17.2 Å². The second-order valence-electron chi connectivity index (χ2n) is 4.71. The summed E-state index contributed by atoms with van der Waals surface area (Å²) in [4.78, 5) is 0. The fraction of sp³-hybridized carbons (Fsp3) is 0.167. The van der Waals surface area contributed by atoms with Crippen molar-refractivity contribution in [1.82, 2.24) is 0 Å². The largest absolute Gasteiger partial charge is 0.124 e. The predicted octanol–water partition coefficient (Wildman–Crippen LogP) is 5.18. The summed E-state index contributed by atoms with van der Waals surface area (Å²) in [6.45, 7) is 4.30. The first-order valence-corrected chi connectivity index (χ1v) is 6.34. The van der Waals surface area contributed by atoms with Crippen LogP contribution in [0.1, 0.15) is 19.4 Å². The van der Waals surface area contributed by atoms with Gasteiger partial charge in [0.25, 0.3) is 0 Å². The third-order valence-electron chi connectivity index (χ3n) is 2.70. The Kier molecular flexibility index (Phi) is 4.17. The molecule has 0 heteroatoms. The molecule has 18 heavy (non-hydrogen) atoms. The predicted molar refractivity (Wildman–Crippen MR) is 79.3 cm³/mol. The quantitative estimate of drug-likeness (QED) is 0.642. The Hall–Kier alpha value is -2.04. The number of hydrogen-bond donors (Lipinski definition) is 0. The Morgan fingerprint density at radius 3 is 2.06 bits per heavy atom. The maximum absolute atomic E-state index is 3.21. The van der Waals surface area contributed by atoms with Gasteiger partial charge in [0.2, 0.25) is 0 Å². The molecule has 0 aromatic heterocycles. The van der Waals surface area contributed by atoms with E-state index >= 15 is 0 Å². The molecular formula is C18H18. The summed E-state index contributed by atoms with van der Waals surface area (Å²) in [5.41, 5.74) is 6.90. The highest BCUT2D eigenvalue weighted by Gasteiger charge is 1.95. The van der Waals surface area contributed by atoms with Gasteiger partial charge in [-0.1, -0.05) is 68.4 Å². The molecule has 0 fully saturated rings. The normalized spacial score (nSPS) is 9.94. The van der Waals surface area contributed by atoms with Gasteiger partial charge in [-0.25, -0.2) is 0 Å². The molecule has 90 valence electrons. The van der Waals surface area contributed by atoms with Gasteiger partial charge in [-0.15, -0.1) is 5.73 Å². The minimum Gasteiger partial charge on any atom is -0.124 e. The van der Waals surface area contributed by atoms with Crippen molar-refractivity contribution in [2.45, 2.75) is 13.8 Å². The van der Waals surface area contributed by atoms with Crippen LogP contribution in [-0.2, 0) is 0 Å². The molecule has 0 spiro atoms. The minimum absolute atomic E-state index is 0.546. The van der Waals surface area contributed by atoms with Crippen LogP contribution in [0.4, 0.5) is 0 Å². The van der Waals surface area contributed by atoms with E-state index in [0.717, 1.165) is 0 Å². The first kappa shape index (κ1) is 12.4. The fourth-order valence-corrected chi connectivity index (χ4v) is 1.74. The summed E-state index contributed by atoms with van der Waals surface area (Å²) >= 11 is 0. The Bertz CT molecular complexity index is 538. The van der Waals surface area contributed by atoms with E-state index in [1.807, 2.05) is 12.1 Å². The lowest BCUT2D eigenvalue weighted by molar-refractivity contribution is 0.834. The zero-order chi connectivity index (χ0) is 12.8. The lowest BCUT2D eigenvalue weighted by Crippen LogP contribution is -1.77. The van der Waals surface area contributed by atoms with E-state index in [1.54, 1.807) is 0 Å². The Labute approximate surface area is 109 Å². The average Bonchev–Trinajstić information content (AvgIpc) is 2.40. The van der Waals surface area contributed by atoms with Crippen LogP contribution in [0.3, 0.4) is 0 Å². The van der Waals surface area contributed by atoms with Crippen molar-refractivity contribution in [3.8, 4) is 11.1 Å². The lowest BCUT2D eigenvalue weighted by Gasteiger charge is -2.01. The molecule has 0 nitrogen and oxygen atoms in total. The summed E-state index contributed by atoms with van der Waals surface area (Å²) in [7, 11) is 0. The van der Waals surface area contributed by atoms with E-state index in [2.05, 4.69) is 74.2 Å². The van der Waals surface area contributed by atoms with E-state index in [1.165, 1.54) is 16.7 Å². The van der Waals surface area contributed by atoms with Crippen LogP contribution in [0.5, 0.6) is 0 Å². The first-order valence-electron chi connectivity index (χ1n) is 6.34. The van der Waals surface area contributed by atoms with E-state index in [-0.39, 0.29) is 0 Å². The van der Waals surface area contributed by atoms with Crippen molar-refractivity contribution in [1.29, 1.82) is 0 Å². The molecule has 0 unspecified atom stereocenters. The van der Waals surface area contributed by atoms with E-state index in [4.69, 9.17) is 0 Å². The van der Waals surface area contributed by atoms with Crippen molar-refractivity contribution < 1.29 is 0 Å². The highest BCUT2D eigenvalue weighted by atomic mass is 14.0. The Morgan fingerprint density at radius 2 is 1.44 bits per heavy atom. The second kappa shape index (κ2) is 6.05. The first-order chi connectivity index (χ1) is 8.75. The van der Waals surface area contributed by atoms with Crippen molar-refractivity contribution in [2.75, 3.05) is 0 Å². The molecular weight excluding hydrogens is 216 g/mol. The highest BCUT2D eigenvalue weighted by Crippen LogP contribution is 2.19. The van der Waals surface area contributed by atoms with Gasteiger partial charge in [0.1, 0.15) is 0 Å². The molecule has 0 atom stereocenters. The van der Waals surface area contributed by atoms with Crippen molar-refractivity contribution in [2.24, 2.45) is 5.92 Å². The third-order valence-corrected chi connectivity index (χ3v) is 2.70.